The average molecular weight is 498 g/mol. The SMILES string of the molecule is CCC(CC)COC(=O)[C@@H]1C[C@H]2C[C@@](F)(CCc3nnn(COC(C)=O)n3)CC[C@H]2CN1C(=O)O. The molecule has 3 rings (SSSR count). The van der Waals surface area contributed by atoms with Crippen LogP contribution in [0.2, 0.25) is 0 Å². The van der Waals surface area contributed by atoms with Crippen molar-refractivity contribution in [3.63, 3.8) is 0 Å². The van der Waals surface area contributed by atoms with Crippen LogP contribution in [0.15, 0.2) is 0 Å². The third-order valence-electron chi connectivity index (χ3n) is 7.40. The monoisotopic (exact) mass is 497 g/mol. The molecule has 0 spiro atoms. The first-order valence-corrected chi connectivity index (χ1v) is 12.4. The van der Waals surface area contributed by atoms with E-state index in [1.54, 1.807) is 0 Å². The van der Waals surface area contributed by atoms with Gasteiger partial charge in [0.15, 0.2) is 5.82 Å². The first-order chi connectivity index (χ1) is 16.6. The zero-order valence-electron chi connectivity index (χ0n) is 20.7. The van der Waals surface area contributed by atoms with E-state index in [1.165, 1.54) is 11.8 Å². The average Bonchev–Trinajstić information content (AvgIpc) is 3.29. The smallest absolute Gasteiger partial charge is 0.408 e. The highest BCUT2D eigenvalue weighted by Gasteiger charge is 2.48. The molecule has 4 atom stereocenters. The summed E-state index contributed by atoms with van der Waals surface area (Å²) in [5, 5.41) is 21.5. The first kappa shape index (κ1) is 26.8. The number of halogens is 1. The molecule has 1 amide bonds. The second-order valence-electron chi connectivity index (χ2n) is 9.76. The molecule has 35 heavy (non-hydrogen) atoms. The number of aromatic nitrogens is 4. The minimum Gasteiger partial charge on any atom is -0.465 e. The molecule has 0 bridgehead atoms. The number of carbonyl (C=O) groups excluding carboxylic acids is 2. The van der Waals surface area contributed by atoms with Crippen molar-refractivity contribution in [2.75, 3.05) is 13.2 Å². The molecule has 1 aliphatic carbocycles. The Bertz CT molecular complexity index is 894. The van der Waals surface area contributed by atoms with Gasteiger partial charge in [-0.25, -0.2) is 14.0 Å². The topological polar surface area (TPSA) is 137 Å². The molecule has 0 radical (unpaired) electrons. The molecule has 11 nitrogen and oxygen atoms in total. The van der Waals surface area contributed by atoms with Crippen molar-refractivity contribution in [3.05, 3.63) is 5.82 Å². The summed E-state index contributed by atoms with van der Waals surface area (Å²) in [5.41, 5.74) is -1.46. The summed E-state index contributed by atoms with van der Waals surface area (Å²) in [6, 6.07) is -0.909. The number of fused-ring (bicyclic) bond motifs is 1. The second kappa shape index (κ2) is 11.8. The molecular formula is C23H36FN5O6. The number of amides is 1. The maximum Gasteiger partial charge on any atom is 0.408 e. The number of carboxylic acid groups (broad SMARTS) is 1. The van der Waals surface area contributed by atoms with Gasteiger partial charge in [0, 0.05) is 19.9 Å². The lowest BCUT2D eigenvalue weighted by molar-refractivity contribution is -0.155. The lowest BCUT2D eigenvalue weighted by atomic mass is 9.67. The molecule has 1 aromatic heterocycles. The van der Waals surface area contributed by atoms with Gasteiger partial charge in [0.2, 0.25) is 6.73 Å². The highest BCUT2D eigenvalue weighted by molar-refractivity contribution is 5.81. The van der Waals surface area contributed by atoms with Gasteiger partial charge in [-0.15, -0.1) is 15.0 Å². The van der Waals surface area contributed by atoms with Gasteiger partial charge in [-0.2, -0.15) is 0 Å². The lowest BCUT2D eigenvalue weighted by Crippen LogP contribution is -2.56. The van der Waals surface area contributed by atoms with Crippen molar-refractivity contribution >= 4 is 18.0 Å². The first-order valence-electron chi connectivity index (χ1n) is 12.4. The predicted molar refractivity (Wildman–Crippen MR) is 121 cm³/mol. The molecule has 2 aliphatic rings. The Morgan fingerprint density at radius 1 is 1.23 bits per heavy atom. The van der Waals surface area contributed by atoms with Crippen LogP contribution in [0, 0.1) is 17.8 Å². The lowest BCUT2D eigenvalue weighted by Gasteiger charge is -2.47. The number of likely N-dealkylation sites (tertiary alicyclic amines) is 1. The Labute approximate surface area is 204 Å². The maximum absolute atomic E-state index is 15.8. The number of rotatable bonds is 10. The van der Waals surface area contributed by atoms with Crippen LogP contribution in [0.25, 0.3) is 0 Å². The fraction of sp³-hybridized carbons (Fsp3) is 0.826. The molecule has 1 saturated carbocycles. The number of tetrazole rings is 1. The molecule has 0 unspecified atom stereocenters. The van der Waals surface area contributed by atoms with Crippen LogP contribution in [0.4, 0.5) is 9.18 Å². The van der Waals surface area contributed by atoms with Gasteiger partial charge < -0.3 is 14.6 Å². The number of ether oxygens (including phenoxy) is 2. The van der Waals surface area contributed by atoms with Crippen LogP contribution in [0.3, 0.4) is 0 Å². The van der Waals surface area contributed by atoms with Crippen molar-refractivity contribution in [1.29, 1.82) is 0 Å². The summed E-state index contributed by atoms with van der Waals surface area (Å²) in [6.45, 7) is 5.65. The second-order valence-corrected chi connectivity index (χ2v) is 9.76. The van der Waals surface area contributed by atoms with Crippen molar-refractivity contribution in [2.45, 2.75) is 90.6 Å². The van der Waals surface area contributed by atoms with Gasteiger partial charge in [0.05, 0.1) is 6.61 Å². The van der Waals surface area contributed by atoms with Crippen LogP contribution < -0.4 is 0 Å². The number of hydrogen-bond acceptors (Lipinski definition) is 8. The van der Waals surface area contributed by atoms with Gasteiger partial charge in [-0.1, -0.05) is 26.7 Å². The number of aryl methyl sites for hydroxylation is 1. The molecule has 1 aromatic rings. The summed E-state index contributed by atoms with van der Waals surface area (Å²) >= 11 is 0. The largest absolute Gasteiger partial charge is 0.465 e. The third-order valence-corrected chi connectivity index (χ3v) is 7.40. The quantitative estimate of drug-likeness (QED) is 0.484. The van der Waals surface area contributed by atoms with E-state index in [0.29, 0.717) is 18.7 Å². The van der Waals surface area contributed by atoms with Crippen molar-refractivity contribution < 1.29 is 33.4 Å². The number of piperidine rings is 1. The number of carbonyl (C=O) groups is 3. The van der Waals surface area contributed by atoms with E-state index >= 15 is 4.39 Å². The molecule has 0 aromatic carbocycles. The summed E-state index contributed by atoms with van der Waals surface area (Å²) in [5.74, 6) is -0.498. The van der Waals surface area contributed by atoms with Gasteiger partial charge in [-0.05, 0) is 55.1 Å². The van der Waals surface area contributed by atoms with Gasteiger partial charge in [0.1, 0.15) is 11.7 Å². The zero-order valence-corrected chi connectivity index (χ0v) is 20.7. The third kappa shape index (κ3) is 7.11. The number of esters is 2. The molecular weight excluding hydrogens is 461 g/mol. The van der Waals surface area contributed by atoms with Crippen LogP contribution >= 0.6 is 0 Å². The Balaban J connectivity index is 1.59. The van der Waals surface area contributed by atoms with Gasteiger partial charge >= 0.3 is 18.0 Å². The van der Waals surface area contributed by atoms with Crippen LogP contribution in [-0.4, -0.2) is 73.1 Å². The summed E-state index contributed by atoms with van der Waals surface area (Å²) in [7, 11) is 0. The number of hydrogen-bond donors (Lipinski definition) is 1. The van der Waals surface area contributed by atoms with Crippen LogP contribution in [-0.2, 0) is 32.2 Å². The number of alkyl halides is 1. The molecule has 196 valence electrons. The maximum atomic E-state index is 15.8. The Morgan fingerprint density at radius 3 is 2.63 bits per heavy atom. The van der Waals surface area contributed by atoms with E-state index in [0.717, 1.165) is 17.6 Å². The van der Waals surface area contributed by atoms with Gasteiger partial charge in [0.25, 0.3) is 0 Å². The van der Waals surface area contributed by atoms with E-state index in [1.807, 2.05) is 13.8 Å². The highest BCUT2D eigenvalue weighted by atomic mass is 19.1. The van der Waals surface area contributed by atoms with Crippen molar-refractivity contribution in [3.8, 4) is 0 Å². The number of nitrogens with zero attached hydrogens (tertiary/aromatic N) is 5. The molecule has 2 heterocycles. The van der Waals surface area contributed by atoms with Crippen molar-refractivity contribution in [2.24, 2.45) is 17.8 Å². The van der Waals surface area contributed by atoms with E-state index in [-0.39, 0.29) is 63.3 Å². The Hall–Kier alpha value is -2.79. The van der Waals surface area contributed by atoms with Crippen molar-refractivity contribution in [1.82, 2.24) is 25.1 Å². The van der Waals surface area contributed by atoms with E-state index in [2.05, 4.69) is 15.4 Å². The molecule has 1 aliphatic heterocycles. The fourth-order valence-corrected chi connectivity index (χ4v) is 5.13. The minimum atomic E-state index is -1.46. The van der Waals surface area contributed by atoms with Crippen LogP contribution in [0.5, 0.6) is 0 Å². The normalized spacial score (nSPS) is 26.3. The zero-order chi connectivity index (χ0) is 25.6. The Kier molecular flexibility index (Phi) is 9.01. The van der Waals surface area contributed by atoms with E-state index in [9.17, 15) is 19.5 Å². The summed E-state index contributed by atoms with van der Waals surface area (Å²) < 4.78 is 26.1. The molecule has 2 fully saturated rings. The fourth-order valence-electron chi connectivity index (χ4n) is 5.13. The molecule has 1 saturated heterocycles. The van der Waals surface area contributed by atoms with E-state index < -0.39 is 29.7 Å². The standard InChI is InChI=1S/C23H36FN5O6/c1-4-16(5-2)13-34-21(31)19-10-18-11-23(24,8-6-17(18)12-28(19)22(32)33)9-7-20-25-27-29(26-20)14-35-15(3)30/h16-19H,4-14H2,1-3H3,(H,32,33)/t17-,18-,19-,23-/m0/s1. The summed E-state index contributed by atoms with van der Waals surface area (Å²) in [4.78, 5) is 37.9. The van der Waals surface area contributed by atoms with Crippen LogP contribution in [0.1, 0.15) is 71.5 Å². The highest BCUT2D eigenvalue weighted by Crippen LogP contribution is 2.46. The molecule has 12 heteroatoms. The minimum absolute atomic E-state index is 0.0146. The summed E-state index contributed by atoms with van der Waals surface area (Å²) in [6.07, 6.45) is 2.45. The predicted octanol–water partition coefficient (Wildman–Crippen LogP) is 2.98. The van der Waals surface area contributed by atoms with Gasteiger partial charge in [-0.3, -0.25) is 9.69 Å². The van der Waals surface area contributed by atoms with E-state index in [4.69, 9.17) is 9.47 Å². The molecule has 1 N–H and O–H groups in total. The Morgan fingerprint density at radius 2 is 1.97 bits per heavy atom.